The number of carbonyl (C=O) groups is 1. The Kier molecular flexibility index (Phi) is 1.27. The Morgan fingerprint density at radius 2 is 2.00 bits per heavy atom. The van der Waals surface area contributed by atoms with Gasteiger partial charge in [-0.3, -0.25) is 4.79 Å². The van der Waals surface area contributed by atoms with Crippen molar-refractivity contribution in [3.05, 3.63) is 0 Å². The smallest absolute Gasteiger partial charge is 0.316 e. The standard InChI is InChI=1S/C12H18O2/c1-8-4-10(2)6-11(3)12(5-8,7-10)9(13)14-11/h8H,4-7H2,1-3H3/t8-,10?,11?,12?/m0/s1. The summed E-state index contributed by atoms with van der Waals surface area (Å²) in [6.45, 7) is 6.73. The summed E-state index contributed by atoms with van der Waals surface area (Å²) < 4.78 is 5.43. The molecule has 0 aromatic rings. The molecule has 14 heavy (non-hydrogen) atoms. The molecule has 0 N–H and O–H groups in total. The maximum Gasteiger partial charge on any atom is 0.316 e. The number of esters is 1. The highest BCUT2D eigenvalue weighted by atomic mass is 16.6. The van der Waals surface area contributed by atoms with Crippen molar-refractivity contribution >= 4 is 5.97 Å². The predicted octanol–water partition coefficient (Wildman–Crippen LogP) is 2.52. The van der Waals surface area contributed by atoms with E-state index < -0.39 is 0 Å². The first-order valence-corrected chi connectivity index (χ1v) is 5.63. The van der Waals surface area contributed by atoms with Gasteiger partial charge in [0, 0.05) is 0 Å². The topological polar surface area (TPSA) is 26.3 Å². The summed E-state index contributed by atoms with van der Waals surface area (Å²) in [7, 11) is 0. The molecule has 2 saturated carbocycles. The lowest BCUT2D eigenvalue weighted by molar-refractivity contribution is -0.233. The van der Waals surface area contributed by atoms with Crippen LogP contribution in [-0.2, 0) is 9.53 Å². The fraction of sp³-hybridized carbons (Fsp3) is 0.917. The van der Waals surface area contributed by atoms with Gasteiger partial charge in [-0.05, 0) is 43.9 Å². The third-order valence-corrected chi connectivity index (χ3v) is 4.75. The first-order chi connectivity index (χ1) is 6.39. The van der Waals surface area contributed by atoms with Crippen LogP contribution in [0.1, 0.15) is 46.5 Å². The zero-order chi connectivity index (χ0) is 10.2. The molecule has 0 radical (unpaired) electrons. The van der Waals surface area contributed by atoms with Gasteiger partial charge in [-0.1, -0.05) is 13.8 Å². The van der Waals surface area contributed by atoms with E-state index in [2.05, 4.69) is 20.8 Å². The van der Waals surface area contributed by atoms with Crippen LogP contribution in [0.15, 0.2) is 0 Å². The molecule has 0 aromatic heterocycles. The van der Waals surface area contributed by atoms with Gasteiger partial charge in [-0.15, -0.1) is 0 Å². The molecule has 2 aliphatic carbocycles. The predicted molar refractivity (Wildman–Crippen MR) is 52.7 cm³/mol. The van der Waals surface area contributed by atoms with Crippen molar-refractivity contribution < 1.29 is 9.53 Å². The van der Waals surface area contributed by atoms with Crippen LogP contribution in [0.2, 0.25) is 0 Å². The minimum absolute atomic E-state index is 0.0790. The van der Waals surface area contributed by atoms with E-state index in [0.717, 1.165) is 19.3 Å². The van der Waals surface area contributed by atoms with Crippen LogP contribution in [-0.4, -0.2) is 11.6 Å². The van der Waals surface area contributed by atoms with Crippen molar-refractivity contribution in [2.45, 2.75) is 52.1 Å². The lowest BCUT2D eigenvalue weighted by Gasteiger charge is -2.52. The summed E-state index contributed by atoms with van der Waals surface area (Å²) in [4.78, 5) is 11.7. The number of rotatable bonds is 0. The summed E-state index contributed by atoms with van der Waals surface area (Å²) in [5.41, 5.74) is 0.140. The maximum atomic E-state index is 11.7. The number of hydrogen-bond acceptors (Lipinski definition) is 2. The second-order valence-electron chi connectivity index (χ2n) is 6.38. The van der Waals surface area contributed by atoms with E-state index in [9.17, 15) is 4.79 Å². The van der Waals surface area contributed by atoms with Gasteiger partial charge in [0.15, 0.2) is 0 Å². The third-order valence-electron chi connectivity index (χ3n) is 4.75. The van der Waals surface area contributed by atoms with Gasteiger partial charge >= 0.3 is 5.97 Å². The second-order valence-corrected chi connectivity index (χ2v) is 6.38. The normalized spacial score (nSPS) is 60.2. The van der Waals surface area contributed by atoms with Gasteiger partial charge in [0.2, 0.25) is 0 Å². The first-order valence-electron chi connectivity index (χ1n) is 5.63. The molecule has 3 fully saturated rings. The Morgan fingerprint density at radius 1 is 1.29 bits per heavy atom. The Bertz CT molecular complexity index is 324. The molecule has 2 bridgehead atoms. The highest BCUT2D eigenvalue weighted by Gasteiger charge is 2.75. The molecule has 2 heteroatoms. The zero-order valence-corrected chi connectivity index (χ0v) is 9.22. The molecule has 0 aromatic carbocycles. The van der Waals surface area contributed by atoms with Crippen molar-refractivity contribution in [1.82, 2.24) is 0 Å². The van der Waals surface area contributed by atoms with Crippen molar-refractivity contribution in [2.75, 3.05) is 0 Å². The average Bonchev–Trinajstić information content (AvgIpc) is 2.12. The number of fused-ring (bicyclic) bond motifs is 1. The molecule has 3 unspecified atom stereocenters. The van der Waals surface area contributed by atoms with Crippen LogP contribution in [0.5, 0.6) is 0 Å². The SMILES string of the molecule is C[C@H]1CC2(C)CC3(C)OC(=O)C3(C1)C2. The maximum absolute atomic E-state index is 11.7. The van der Waals surface area contributed by atoms with Gasteiger partial charge in [0.05, 0.1) is 0 Å². The van der Waals surface area contributed by atoms with Crippen LogP contribution in [0, 0.1) is 16.7 Å². The molecule has 3 rings (SSSR count). The number of carbonyl (C=O) groups excluding carboxylic acids is 1. The minimum atomic E-state index is -0.121. The van der Waals surface area contributed by atoms with Crippen molar-refractivity contribution in [3.8, 4) is 0 Å². The molecule has 0 amide bonds. The van der Waals surface area contributed by atoms with Gasteiger partial charge < -0.3 is 4.74 Å². The zero-order valence-electron chi connectivity index (χ0n) is 9.22. The van der Waals surface area contributed by atoms with E-state index in [1.807, 2.05) is 0 Å². The van der Waals surface area contributed by atoms with E-state index in [-0.39, 0.29) is 17.0 Å². The molecule has 1 spiro atoms. The van der Waals surface area contributed by atoms with Crippen molar-refractivity contribution in [3.63, 3.8) is 0 Å². The summed E-state index contributed by atoms with van der Waals surface area (Å²) in [6, 6.07) is 0. The van der Waals surface area contributed by atoms with Crippen molar-refractivity contribution in [1.29, 1.82) is 0 Å². The van der Waals surface area contributed by atoms with Crippen LogP contribution in [0.4, 0.5) is 0 Å². The van der Waals surface area contributed by atoms with E-state index >= 15 is 0 Å². The molecule has 3 aliphatic rings. The van der Waals surface area contributed by atoms with E-state index in [1.54, 1.807) is 0 Å². The Morgan fingerprint density at radius 3 is 2.64 bits per heavy atom. The number of ether oxygens (including phenoxy) is 1. The van der Waals surface area contributed by atoms with Crippen molar-refractivity contribution in [2.24, 2.45) is 16.7 Å². The second kappa shape index (κ2) is 2.02. The molecule has 1 heterocycles. The molecule has 2 nitrogen and oxygen atoms in total. The van der Waals surface area contributed by atoms with Gasteiger partial charge in [-0.2, -0.15) is 0 Å². The molecule has 1 aliphatic heterocycles. The molecular weight excluding hydrogens is 176 g/mol. The van der Waals surface area contributed by atoms with E-state index in [1.165, 1.54) is 6.42 Å². The summed E-state index contributed by atoms with van der Waals surface area (Å²) in [5, 5.41) is 0. The quantitative estimate of drug-likeness (QED) is 0.554. The van der Waals surface area contributed by atoms with Gasteiger partial charge in [0.1, 0.15) is 11.0 Å². The highest BCUT2D eigenvalue weighted by Crippen LogP contribution is 2.70. The monoisotopic (exact) mass is 194 g/mol. The minimum Gasteiger partial charge on any atom is -0.458 e. The van der Waals surface area contributed by atoms with Gasteiger partial charge in [-0.25, -0.2) is 0 Å². The first kappa shape index (κ1) is 8.75. The van der Waals surface area contributed by atoms with Crippen LogP contribution >= 0.6 is 0 Å². The summed E-state index contributed by atoms with van der Waals surface area (Å²) >= 11 is 0. The Hall–Kier alpha value is -0.530. The van der Waals surface area contributed by atoms with Crippen LogP contribution in [0.25, 0.3) is 0 Å². The highest BCUT2D eigenvalue weighted by molar-refractivity contribution is 5.86. The fourth-order valence-electron chi connectivity index (χ4n) is 4.66. The lowest BCUT2D eigenvalue weighted by atomic mass is 9.61. The fourth-order valence-corrected chi connectivity index (χ4v) is 4.66. The molecule has 1 saturated heterocycles. The van der Waals surface area contributed by atoms with Crippen LogP contribution < -0.4 is 0 Å². The molecule has 78 valence electrons. The summed E-state index contributed by atoms with van der Waals surface area (Å²) in [6.07, 6.45) is 4.47. The third kappa shape index (κ3) is 0.731. The summed E-state index contributed by atoms with van der Waals surface area (Å²) in [5.74, 6) is 0.763. The molecule has 4 atom stereocenters. The Labute approximate surface area is 85.0 Å². The number of hydrogen-bond donors (Lipinski definition) is 0. The average molecular weight is 194 g/mol. The van der Waals surface area contributed by atoms with Crippen LogP contribution in [0.3, 0.4) is 0 Å². The van der Waals surface area contributed by atoms with E-state index in [4.69, 9.17) is 4.74 Å². The molecular formula is C12H18O2. The lowest BCUT2D eigenvalue weighted by Crippen LogP contribution is -2.62. The van der Waals surface area contributed by atoms with Gasteiger partial charge in [0.25, 0.3) is 0 Å². The van der Waals surface area contributed by atoms with E-state index in [0.29, 0.717) is 11.3 Å². The Balaban J connectivity index is 2.07. The largest absolute Gasteiger partial charge is 0.458 e.